The Morgan fingerprint density at radius 2 is 2.11 bits per heavy atom. The van der Waals surface area contributed by atoms with Crippen molar-refractivity contribution in [1.29, 1.82) is 0 Å². The Morgan fingerprint density at radius 3 is 2.84 bits per heavy atom. The second kappa shape index (κ2) is 3.89. The lowest BCUT2D eigenvalue weighted by molar-refractivity contribution is -0.149. The zero-order valence-corrected chi connectivity index (χ0v) is 11.4. The molecule has 0 aromatic heterocycles. The Labute approximate surface area is 112 Å². The van der Waals surface area contributed by atoms with Crippen LogP contribution >= 0.6 is 0 Å². The Bertz CT molecular complexity index is 560. The summed E-state index contributed by atoms with van der Waals surface area (Å²) in [6.07, 6.45) is 1.60. The quantitative estimate of drug-likeness (QED) is 0.730. The smallest absolute Gasteiger partial charge is 0.310 e. The third-order valence-electron chi connectivity index (χ3n) is 3.93. The maximum Gasteiger partial charge on any atom is 0.310 e. The van der Waals surface area contributed by atoms with E-state index in [1.165, 1.54) is 0 Å². The fourth-order valence-electron chi connectivity index (χ4n) is 2.99. The van der Waals surface area contributed by atoms with Crippen molar-refractivity contribution in [3.63, 3.8) is 0 Å². The summed E-state index contributed by atoms with van der Waals surface area (Å²) in [5.74, 6) is 0.624. The molecule has 2 aliphatic rings. The van der Waals surface area contributed by atoms with Crippen LogP contribution in [0.1, 0.15) is 50.0 Å². The van der Waals surface area contributed by atoms with Gasteiger partial charge in [-0.05, 0) is 44.7 Å². The van der Waals surface area contributed by atoms with Gasteiger partial charge in [-0.15, -0.1) is 0 Å². The van der Waals surface area contributed by atoms with Crippen LogP contribution in [-0.4, -0.2) is 16.7 Å². The predicted molar refractivity (Wildman–Crippen MR) is 69.3 cm³/mol. The third-order valence-corrected chi connectivity index (χ3v) is 3.93. The molecule has 0 bridgehead atoms. The summed E-state index contributed by atoms with van der Waals surface area (Å²) in [4.78, 5) is 11.6. The lowest BCUT2D eigenvalue weighted by Crippen LogP contribution is -2.34. The number of phenols is 1. The van der Waals surface area contributed by atoms with Crippen LogP contribution in [0.25, 0.3) is 0 Å². The topological polar surface area (TPSA) is 55.8 Å². The first-order chi connectivity index (χ1) is 8.87. The van der Waals surface area contributed by atoms with Gasteiger partial charge in [-0.2, -0.15) is 0 Å². The fraction of sp³-hybridized carbons (Fsp3) is 0.533. The summed E-state index contributed by atoms with van der Waals surface area (Å²) < 4.78 is 11.1. The number of aromatic hydroxyl groups is 1. The van der Waals surface area contributed by atoms with Crippen LogP contribution in [0.2, 0.25) is 0 Å². The molecule has 1 aromatic carbocycles. The Hall–Kier alpha value is -1.71. The molecule has 0 spiro atoms. The number of fused-ring (bicyclic) bond motifs is 3. The van der Waals surface area contributed by atoms with E-state index in [-0.39, 0.29) is 23.7 Å². The maximum atomic E-state index is 11.6. The van der Waals surface area contributed by atoms with E-state index in [0.29, 0.717) is 5.75 Å². The van der Waals surface area contributed by atoms with Crippen molar-refractivity contribution in [2.24, 2.45) is 0 Å². The van der Waals surface area contributed by atoms with E-state index in [1.807, 2.05) is 13.8 Å². The van der Waals surface area contributed by atoms with Crippen LogP contribution in [0.5, 0.6) is 11.5 Å². The number of cyclic esters (lactones) is 1. The highest BCUT2D eigenvalue weighted by Crippen LogP contribution is 2.44. The second-order valence-corrected chi connectivity index (χ2v) is 5.94. The summed E-state index contributed by atoms with van der Waals surface area (Å²) in [6, 6.07) is 1.66. The third kappa shape index (κ3) is 1.95. The van der Waals surface area contributed by atoms with Crippen molar-refractivity contribution in [1.82, 2.24) is 0 Å². The van der Waals surface area contributed by atoms with Gasteiger partial charge in [0.25, 0.3) is 0 Å². The summed E-state index contributed by atoms with van der Waals surface area (Å²) in [5, 5.41) is 10.2. The molecule has 4 heteroatoms. The number of benzene rings is 1. The van der Waals surface area contributed by atoms with Gasteiger partial charge in [-0.3, -0.25) is 4.79 Å². The van der Waals surface area contributed by atoms with E-state index in [9.17, 15) is 9.90 Å². The SMILES string of the molecule is C[C@H]1OC(=O)Cc2c3c(cc(O)c21)OC(C)(C)CC3. The molecule has 0 amide bonds. The van der Waals surface area contributed by atoms with Crippen molar-refractivity contribution in [3.8, 4) is 11.5 Å². The fourth-order valence-corrected chi connectivity index (χ4v) is 2.99. The average molecular weight is 262 g/mol. The minimum atomic E-state index is -0.392. The summed E-state index contributed by atoms with van der Waals surface area (Å²) in [7, 11) is 0. The van der Waals surface area contributed by atoms with Gasteiger partial charge in [-0.1, -0.05) is 0 Å². The van der Waals surface area contributed by atoms with Gasteiger partial charge >= 0.3 is 5.97 Å². The molecular formula is C15H18O4. The Balaban J connectivity index is 2.17. The molecule has 2 heterocycles. The first-order valence-corrected chi connectivity index (χ1v) is 6.63. The van der Waals surface area contributed by atoms with Gasteiger partial charge in [0.2, 0.25) is 0 Å². The maximum absolute atomic E-state index is 11.6. The normalized spacial score (nSPS) is 23.9. The molecule has 2 aliphatic heterocycles. The molecule has 1 N–H and O–H groups in total. The highest BCUT2D eigenvalue weighted by molar-refractivity contribution is 5.77. The number of rotatable bonds is 0. The predicted octanol–water partition coefficient (Wildman–Crippen LogP) is 2.66. The van der Waals surface area contributed by atoms with Gasteiger partial charge in [0.15, 0.2) is 0 Å². The van der Waals surface area contributed by atoms with Crippen LogP contribution in [0.15, 0.2) is 6.07 Å². The lowest BCUT2D eigenvalue weighted by Gasteiger charge is -2.36. The van der Waals surface area contributed by atoms with E-state index >= 15 is 0 Å². The van der Waals surface area contributed by atoms with Crippen LogP contribution in [0.4, 0.5) is 0 Å². The summed E-state index contributed by atoms with van der Waals surface area (Å²) in [5.41, 5.74) is 2.46. The van der Waals surface area contributed by atoms with Crippen molar-refractivity contribution >= 4 is 5.97 Å². The Kier molecular flexibility index (Phi) is 2.52. The number of ether oxygens (including phenoxy) is 2. The summed E-state index contributed by atoms with van der Waals surface area (Å²) in [6.45, 7) is 5.85. The molecular weight excluding hydrogens is 244 g/mol. The molecule has 1 aromatic rings. The van der Waals surface area contributed by atoms with Crippen LogP contribution < -0.4 is 4.74 Å². The number of carbonyl (C=O) groups excluding carboxylic acids is 1. The monoisotopic (exact) mass is 262 g/mol. The lowest BCUT2D eigenvalue weighted by atomic mass is 9.85. The molecule has 19 heavy (non-hydrogen) atoms. The second-order valence-electron chi connectivity index (χ2n) is 5.94. The molecule has 4 nitrogen and oxygen atoms in total. The van der Waals surface area contributed by atoms with E-state index < -0.39 is 6.10 Å². The first-order valence-electron chi connectivity index (χ1n) is 6.63. The van der Waals surface area contributed by atoms with Crippen molar-refractivity contribution in [2.75, 3.05) is 0 Å². The van der Waals surface area contributed by atoms with Gasteiger partial charge in [0.05, 0.1) is 6.42 Å². The van der Waals surface area contributed by atoms with Gasteiger partial charge in [0, 0.05) is 11.6 Å². The molecule has 0 radical (unpaired) electrons. The number of esters is 1. The van der Waals surface area contributed by atoms with Crippen LogP contribution in [0.3, 0.4) is 0 Å². The molecule has 0 unspecified atom stereocenters. The standard InChI is InChI=1S/C15H18O4/c1-8-14-10(6-13(17)18-8)9-4-5-15(2,3)19-12(9)7-11(14)16/h7-8,16H,4-6H2,1-3H3/t8-/m1/s1. The molecule has 0 fully saturated rings. The van der Waals surface area contributed by atoms with Gasteiger partial charge in [-0.25, -0.2) is 0 Å². The molecule has 102 valence electrons. The number of hydrogen-bond donors (Lipinski definition) is 1. The minimum absolute atomic E-state index is 0.159. The Morgan fingerprint density at radius 1 is 1.37 bits per heavy atom. The highest BCUT2D eigenvalue weighted by atomic mass is 16.5. The molecule has 3 rings (SSSR count). The van der Waals surface area contributed by atoms with E-state index in [4.69, 9.17) is 9.47 Å². The van der Waals surface area contributed by atoms with E-state index in [1.54, 1.807) is 13.0 Å². The zero-order chi connectivity index (χ0) is 13.8. The van der Waals surface area contributed by atoms with Gasteiger partial charge in [0.1, 0.15) is 23.2 Å². The first kappa shape index (κ1) is 12.3. The zero-order valence-electron chi connectivity index (χ0n) is 11.4. The number of hydrogen-bond acceptors (Lipinski definition) is 4. The molecule has 0 saturated heterocycles. The van der Waals surface area contributed by atoms with Crippen molar-refractivity contribution < 1.29 is 19.4 Å². The summed E-state index contributed by atoms with van der Waals surface area (Å²) >= 11 is 0. The van der Waals surface area contributed by atoms with Crippen LogP contribution in [0, 0.1) is 0 Å². The van der Waals surface area contributed by atoms with E-state index in [0.717, 1.165) is 29.5 Å². The molecule has 0 saturated carbocycles. The number of phenolic OH excluding ortho intramolecular Hbond substituents is 1. The number of carbonyl (C=O) groups is 1. The van der Waals surface area contributed by atoms with Crippen molar-refractivity contribution in [2.45, 2.75) is 51.7 Å². The highest BCUT2D eigenvalue weighted by Gasteiger charge is 2.34. The average Bonchev–Trinajstić information content (AvgIpc) is 2.25. The molecule has 0 aliphatic carbocycles. The van der Waals surface area contributed by atoms with Gasteiger partial charge < -0.3 is 14.6 Å². The largest absolute Gasteiger partial charge is 0.507 e. The molecule has 1 atom stereocenters. The van der Waals surface area contributed by atoms with E-state index in [2.05, 4.69) is 0 Å². The van der Waals surface area contributed by atoms with Crippen molar-refractivity contribution in [3.05, 3.63) is 22.8 Å². The van der Waals surface area contributed by atoms with Crippen LogP contribution in [-0.2, 0) is 22.4 Å². The minimum Gasteiger partial charge on any atom is -0.507 e.